The van der Waals surface area contributed by atoms with Crippen LogP contribution in [0.2, 0.25) is 10.3 Å². The molecule has 0 aromatic carbocycles. The molecule has 2 heterocycles. The number of carbonyl (C=O) groups excluding carboxylic acids is 1. The van der Waals surface area contributed by atoms with E-state index < -0.39 is 5.60 Å². The fourth-order valence-electron chi connectivity index (χ4n) is 2.09. The largest absolute Gasteiger partial charge is 0.444 e. The Morgan fingerprint density at radius 3 is 2.48 bits per heavy atom. The molecule has 4 nitrogen and oxygen atoms in total. The van der Waals surface area contributed by atoms with Crippen molar-refractivity contribution in [2.45, 2.75) is 32.8 Å². The highest BCUT2D eigenvalue weighted by Crippen LogP contribution is 2.25. The number of pyridine rings is 1. The molecule has 0 saturated heterocycles. The van der Waals surface area contributed by atoms with Gasteiger partial charge in [0.25, 0.3) is 0 Å². The van der Waals surface area contributed by atoms with Gasteiger partial charge >= 0.3 is 6.09 Å². The molecule has 0 spiro atoms. The predicted octanol–water partition coefficient (Wildman–Crippen LogP) is 4.41. The van der Waals surface area contributed by atoms with Crippen LogP contribution in [0, 0.1) is 0 Å². The van der Waals surface area contributed by atoms with Crippen molar-refractivity contribution in [3.63, 3.8) is 0 Å². The summed E-state index contributed by atoms with van der Waals surface area (Å²) >= 11 is 11.9. The van der Waals surface area contributed by atoms with Crippen molar-refractivity contribution >= 4 is 34.9 Å². The molecule has 0 unspecified atom stereocenters. The zero-order valence-electron chi connectivity index (χ0n) is 12.3. The topological polar surface area (TPSA) is 42.4 Å². The number of hydrogen-bond donors (Lipinski definition) is 0. The van der Waals surface area contributed by atoms with Crippen molar-refractivity contribution in [1.82, 2.24) is 9.88 Å². The summed E-state index contributed by atoms with van der Waals surface area (Å²) in [6.45, 7) is 6.69. The Balaban J connectivity index is 2.13. The van der Waals surface area contributed by atoms with Crippen LogP contribution in [0.15, 0.2) is 18.2 Å². The highest BCUT2D eigenvalue weighted by atomic mass is 35.5. The lowest BCUT2D eigenvalue weighted by Gasteiger charge is -2.30. The lowest BCUT2D eigenvalue weighted by Crippen LogP contribution is -2.39. The van der Waals surface area contributed by atoms with Gasteiger partial charge in [0.2, 0.25) is 0 Å². The van der Waals surface area contributed by atoms with E-state index in [1.54, 1.807) is 17.0 Å². The van der Waals surface area contributed by atoms with Gasteiger partial charge in [-0.05, 0) is 50.5 Å². The molecule has 1 amide bonds. The quantitative estimate of drug-likeness (QED) is 0.717. The second-order valence-corrected chi connectivity index (χ2v) is 6.70. The lowest BCUT2D eigenvalue weighted by molar-refractivity contribution is 0.0273. The molecule has 0 saturated carbocycles. The minimum absolute atomic E-state index is 0.306. The summed E-state index contributed by atoms with van der Waals surface area (Å²) in [4.78, 5) is 17.7. The summed E-state index contributed by atoms with van der Waals surface area (Å²) < 4.78 is 5.40. The zero-order valence-corrected chi connectivity index (χ0v) is 13.8. The van der Waals surface area contributed by atoms with Gasteiger partial charge in [-0.15, -0.1) is 0 Å². The van der Waals surface area contributed by atoms with Crippen molar-refractivity contribution in [2.24, 2.45) is 0 Å². The Labute approximate surface area is 134 Å². The van der Waals surface area contributed by atoms with Crippen molar-refractivity contribution in [1.29, 1.82) is 0 Å². The molecule has 0 fully saturated rings. The minimum Gasteiger partial charge on any atom is -0.444 e. The SMILES string of the molecule is CC(C)(C)OC(=O)N1CCC=C(c2cc(Cl)nc(Cl)c2)C1. The first-order valence-electron chi connectivity index (χ1n) is 6.75. The molecule has 0 atom stereocenters. The molecule has 21 heavy (non-hydrogen) atoms. The van der Waals surface area contributed by atoms with E-state index in [4.69, 9.17) is 27.9 Å². The van der Waals surface area contributed by atoms with Gasteiger partial charge in [0, 0.05) is 13.1 Å². The first-order chi connectivity index (χ1) is 9.74. The number of rotatable bonds is 1. The number of nitrogens with zero attached hydrogens (tertiary/aromatic N) is 2. The van der Waals surface area contributed by atoms with Gasteiger partial charge in [-0.3, -0.25) is 0 Å². The maximum Gasteiger partial charge on any atom is 0.410 e. The fraction of sp³-hybridized carbons (Fsp3) is 0.467. The Bertz CT molecular complexity index is 559. The minimum atomic E-state index is -0.498. The van der Waals surface area contributed by atoms with Crippen LogP contribution < -0.4 is 0 Å². The average Bonchev–Trinajstić information content (AvgIpc) is 2.36. The van der Waals surface area contributed by atoms with Gasteiger partial charge in [-0.1, -0.05) is 29.3 Å². The highest BCUT2D eigenvalue weighted by molar-refractivity contribution is 6.32. The lowest BCUT2D eigenvalue weighted by atomic mass is 10.0. The molecular weight excluding hydrogens is 311 g/mol. The summed E-state index contributed by atoms with van der Waals surface area (Å²) in [6.07, 6.45) is 2.55. The number of hydrogen-bond acceptors (Lipinski definition) is 3. The molecule has 1 aromatic heterocycles. The van der Waals surface area contributed by atoms with Gasteiger partial charge < -0.3 is 9.64 Å². The van der Waals surface area contributed by atoms with Crippen LogP contribution in [0.5, 0.6) is 0 Å². The molecule has 1 aromatic rings. The number of aromatic nitrogens is 1. The Hall–Kier alpha value is -1.26. The summed E-state index contributed by atoms with van der Waals surface area (Å²) in [5, 5.41) is 0.681. The first kappa shape index (κ1) is 16.1. The maximum absolute atomic E-state index is 12.1. The Kier molecular flexibility index (Phi) is 4.79. The second kappa shape index (κ2) is 6.24. The number of carbonyl (C=O) groups is 1. The van der Waals surface area contributed by atoms with E-state index in [1.807, 2.05) is 20.8 Å². The van der Waals surface area contributed by atoms with E-state index in [2.05, 4.69) is 11.1 Å². The number of halogens is 2. The number of amides is 1. The van der Waals surface area contributed by atoms with Gasteiger partial charge in [0.15, 0.2) is 0 Å². The molecule has 2 rings (SSSR count). The monoisotopic (exact) mass is 328 g/mol. The smallest absolute Gasteiger partial charge is 0.410 e. The van der Waals surface area contributed by atoms with Crippen LogP contribution in [0.4, 0.5) is 4.79 Å². The second-order valence-electron chi connectivity index (χ2n) is 5.92. The fourth-order valence-corrected chi connectivity index (χ4v) is 2.55. The molecule has 0 aliphatic carbocycles. The van der Waals surface area contributed by atoms with Crippen molar-refractivity contribution in [3.8, 4) is 0 Å². The third kappa shape index (κ3) is 4.61. The van der Waals surface area contributed by atoms with Crippen LogP contribution >= 0.6 is 23.2 Å². The van der Waals surface area contributed by atoms with Gasteiger partial charge in [0.05, 0.1) is 0 Å². The van der Waals surface area contributed by atoms with E-state index in [1.165, 1.54) is 0 Å². The molecule has 0 radical (unpaired) electrons. The van der Waals surface area contributed by atoms with Crippen molar-refractivity contribution in [3.05, 3.63) is 34.1 Å². The van der Waals surface area contributed by atoms with Crippen molar-refractivity contribution < 1.29 is 9.53 Å². The zero-order chi connectivity index (χ0) is 15.6. The maximum atomic E-state index is 12.1. The standard InChI is InChI=1S/C15H18Cl2N2O2/c1-15(2,3)21-14(20)19-6-4-5-10(9-19)11-7-12(16)18-13(17)8-11/h5,7-8H,4,6,9H2,1-3H3. The van der Waals surface area contributed by atoms with Gasteiger partial charge in [-0.25, -0.2) is 9.78 Å². The highest BCUT2D eigenvalue weighted by Gasteiger charge is 2.24. The first-order valence-corrected chi connectivity index (χ1v) is 7.50. The molecular formula is C15H18Cl2N2O2. The molecule has 1 aliphatic heterocycles. The van der Waals surface area contributed by atoms with Crippen LogP contribution in [-0.2, 0) is 4.74 Å². The predicted molar refractivity (Wildman–Crippen MR) is 84.7 cm³/mol. The molecule has 0 bridgehead atoms. The number of ether oxygens (including phenoxy) is 1. The molecule has 1 aliphatic rings. The summed E-state index contributed by atoms with van der Waals surface area (Å²) in [5.74, 6) is 0. The summed E-state index contributed by atoms with van der Waals surface area (Å²) in [5.41, 5.74) is 1.38. The van der Waals surface area contributed by atoms with Crippen LogP contribution in [0.3, 0.4) is 0 Å². The van der Waals surface area contributed by atoms with Crippen molar-refractivity contribution in [2.75, 3.05) is 13.1 Å². The van der Waals surface area contributed by atoms with E-state index in [-0.39, 0.29) is 6.09 Å². The Morgan fingerprint density at radius 2 is 1.90 bits per heavy atom. The van der Waals surface area contributed by atoms with E-state index in [0.29, 0.717) is 23.4 Å². The molecule has 6 heteroatoms. The average molecular weight is 329 g/mol. The summed E-state index contributed by atoms with van der Waals surface area (Å²) in [6, 6.07) is 3.50. The van der Waals surface area contributed by atoms with Gasteiger partial charge in [0.1, 0.15) is 15.9 Å². The van der Waals surface area contributed by atoms with Crippen LogP contribution in [-0.4, -0.2) is 34.7 Å². The summed E-state index contributed by atoms with van der Waals surface area (Å²) in [7, 11) is 0. The van der Waals surface area contributed by atoms with E-state index >= 15 is 0 Å². The molecule has 0 N–H and O–H groups in total. The van der Waals surface area contributed by atoms with Crippen LogP contribution in [0.25, 0.3) is 5.57 Å². The third-order valence-electron chi connectivity index (χ3n) is 2.94. The van der Waals surface area contributed by atoms with Crippen LogP contribution in [0.1, 0.15) is 32.8 Å². The van der Waals surface area contributed by atoms with E-state index in [9.17, 15) is 4.79 Å². The third-order valence-corrected chi connectivity index (χ3v) is 3.32. The van der Waals surface area contributed by atoms with Gasteiger partial charge in [-0.2, -0.15) is 0 Å². The van der Waals surface area contributed by atoms with E-state index in [0.717, 1.165) is 17.6 Å². The Morgan fingerprint density at radius 1 is 1.29 bits per heavy atom. The molecule has 114 valence electrons. The normalized spacial score (nSPS) is 15.7.